The number of primary amides is 1. The molecule has 10 nitrogen and oxygen atoms in total. The summed E-state index contributed by atoms with van der Waals surface area (Å²) in [6, 6.07) is 11.2. The summed E-state index contributed by atoms with van der Waals surface area (Å²) in [5, 5.41) is 19.6. The molecule has 0 spiro atoms. The summed E-state index contributed by atoms with van der Waals surface area (Å²) in [5.41, 5.74) is 7.27. The van der Waals surface area contributed by atoms with Crippen molar-refractivity contribution in [2.75, 3.05) is 24.3 Å². The molecule has 2 aromatic heterocycles. The minimum atomic E-state index is -0.605. The molecule has 11 heteroatoms. The Morgan fingerprint density at radius 3 is 2.70 bits per heavy atom. The Morgan fingerprint density at radius 2 is 1.97 bits per heavy atom. The molecule has 0 fully saturated rings. The van der Waals surface area contributed by atoms with E-state index in [1.807, 2.05) is 14.1 Å². The minimum Gasteiger partial charge on any atom is -0.366 e. The lowest BCUT2D eigenvalue weighted by molar-refractivity contribution is 0.100. The largest absolute Gasteiger partial charge is 0.366 e. The van der Waals surface area contributed by atoms with Crippen molar-refractivity contribution in [3.05, 3.63) is 59.4 Å². The van der Waals surface area contributed by atoms with Crippen molar-refractivity contribution in [1.82, 2.24) is 30.2 Å². The fourth-order valence-electron chi connectivity index (χ4n) is 2.95. The summed E-state index contributed by atoms with van der Waals surface area (Å²) < 4.78 is 14.8. The molecule has 152 valence electrons. The number of halogens is 1. The van der Waals surface area contributed by atoms with Crippen molar-refractivity contribution in [3.63, 3.8) is 0 Å². The van der Waals surface area contributed by atoms with Crippen LogP contribution in [0.2, 0.25) is 0 Å². The molecule has 0 saturated carbocycles. The Hall–Kier alpha value is -4.15. The van der Waals surface area contributed by atoms with Gasteiger partial charge in [-0.3, -0.25) is 4.79 Å². The number of amides is 1. The van der Waals surface area contributed by atoms with Gasteiger partial charge < -0.3 is 16.0 Å². The molecule has 0 unspecified atom stereocenters. The third-order valence-corrected chi connectivity index (χ3v) is 4.36. The van der Waals surface area contributed by atoms with Crippen molar-refractivity contribution in [3.8, 4) is 5.95 Å². The Bertz CT molecular complexity index is 1240. The molecule has 2 aromatic carbocycles. The van der Waals surface area contributed by atoms with Crippen molar-refractivity contribution < 1.29 is 9.18 Å². The van der Waals surface area contributed by atoms with Crippen molar-refractivity contribution >= 4 is 28.6 Å². The first kappa shape index (κ1) is 19.2. The number of nitrogens with one attached hydrogen (secondary N) is 1. The second-order valence-electron chi connectivity index (χ2n) is 6.70. The highest BCUT2D eigenvalue weighted by Crippen LogP contribution is 2.22. The van der Waals surface area contributed by atoms with Gasteiger partial charge in [0.05, 0.1) is 11.1 Å². The monoisotopic (exact) mass is 407 g/mol. The normalized spacial score (nSPS) is 10.9. The highest BCUT2D eigenvalue weighted by Gasteiger charge is 2.18. The zero-order chi connectivity index (χ0) is 21.3. The molecule has 0 aliphatic rings. The first-order chi connectivity index (χ1) is 14.4. The lowest BCUT2D eigenvalue weighted by atomic mass is 10.2. The Labute approximate surface area is 170 Å². The molecular weight excluding hydrogens is 389 g/mol. The number of hydrogen-bond acceptors (Lipinski definition) is 8. The third kappa shape index (κ3) is 3.60. The van der Waals surface area contributed by atoms with Gasteiger partial charge in [-0.15, -0.1) is 15.3 Å². The van der Waals surface area contributed by atoms with Gasteiger partial charge in [0, 0.05) is 20.6 Å². The molecule has 1 amide bonds. The van der Waals surface area contributed by atoms with E-state index in [9.17, 15) is 9.18 Å². The molecule has 2 heterocycles. The zero-order valence-corrected chi connectivity index (χ0v) is 16.2. The van der Waals surface area contributed by atoms with E-state index >= 15 is 0 Å². The van der Waals surface area contributed by atoms with Crippen LogP contribution in [0.5, 0.6) is 0 Å². The second-order valence-corrected chi connectivity index (χ2v) is 6.70. The lowest BCUT2D eigenvalue weighted by Crippen LogP contribution is -2.18. The molecule has 0 aliphatic heterocycles. The van der Waals surface area contributed by atoms with Crippen molar-refractivity contribution in [2.24, 2.45) is 5.73 Å². The Kier molecular flexibility index (Phi) is 4.92. The first-order valence-corrected chi connectivity index (χ1v) is 8.99. The molecule has 0 bridgehead atoms. The van der Waals surface area contributed by atoms with Gasteiger partial charge in [0.2, 0.25) is 0 Å². The van der Waals surface area contributed by atoms with E-state index in [-0.39, 0.29) is 17.3 Å². The Morgan fingerprint density at radius 1 is 1.17 bits per heavy atom. The number of hydrogen-bond donors (Lipinski definition) is 2. The number of rotatable bonds is 6. The van der Waals surface area contributed by atoms with Crippen LogP contribution in [0.1, 0.15) is 15.9 Å². The molecule has 30 heavy (non-hydrogen) atoms. The fourth-order valence-corrected chi connectivity index (χ4v) is 2.95. The van der Waals surface area contributed by atoms with Crippen LogP contribution in [0.3, 0.4) is 0 Å². The van der Waals surface area contributed by atoms with E-state index in [2.05, 4.69) is 30.8 Å². The predicted octanol–water partition coefficient (Wildman–Crippen LogP) is 1.52. The summed E-state index contributed by atoms with van der Waals surface area (Å²) in [4.78, 5) is 17.9. The maximum Gasteiger partial charge on any atom is 0.274 e. The van der Waals surface area contributed by atoms with E-state index < -0.39 is 5.91 Å². The van der Waals surface area contributed by atoms with Gasteiger partial charge in [0.25, 0.3) is 11.9 Å². The summed E-state index contributed by atoms with van der Waals surface area (Å²) in [6.07, 6.45) is 0. The van der Waals surface area contributed by atoms with Gasteiger partial charge >= 0.3 is 0 Å². The quantitative estimate of drug-likeness (QED) is 0.492. The molecule has 4 aromatic rings. The number of fused-ring (bicyclic) bond motifs is 1. The van der Waals surface area contributed by atoms with E-state index in [0.29, 0.717) is 29.2 Å². The molecular formula is C19H18FN9O. The molecule has 4 rings (SSSR count). The summed E-state index contributed by atoms with van der Waals surface area (Å²) in [7, 11) is 3.62. The van der Waals surface area contributed by atoms with Crippen LogP contribution in [0.15, 0.2) is 42.5 Å². The maximum atomic E-state index is 13.5. The predicted molar refractivity (Wildman–Crippen MR) is 109 cm³/mol. The molecule has 3 N–H and O–H groups in total. The number of nitrogens with zero attached hydrogens (tertiary/aromatic N) is 7. The summed E-state index contributed by atoms with van der Waals surface area (Å²) in [5.74, 6) is 0.169. The third-order valence-electron chi connectivity index (χ3n) is 4.36. The van der Waals surface area contributed by atoms with Crippen LogP contribution in [-0.4, -0.2) is 50.2 Å². The number of nitrogens with two attached hydrogens (primary N) is 1. The molecule has 0 radical (unpaired) electrons. The zero-order valence-electron chi connectivity index (χ0n) is 16.2. The molecule has 0 saturated heterocycles. The van der Waals surface area contributed by atoms with Gasteiger partial charge in [-0.1, -0.05) is 23.4 Å². The van der Waals surface area contributed by atoms with Gasteiger partial charge in [0.1, 0.15) is 11.3 Å². The number of benzene rings is 2. The minimum absolute atomic E-state index is 0.159. The average Bonchev–Trinajstić information content (AvgIpc) is 3.16. The lowest BCUT2D eigenvalue weighted by Gasteiger charge is -2.16. The van der Waals surface area contributed by atoms with E-state index in [0.717, 1.165) is 5.56 Å². The molecule has 0 atom stereocenters. The van der Waals surface area contributed by atoms with Crippen LogP contribution in [0.25, 0.3) is 17.0 Å². The number of aromatic nitrogens is 6. The standard InChI is InChI=1S/C19H18FN9O/c1-28(2)18-17(22-10-11-5-3-6-12(20)9-11)23-19(26-25-18)29-14-8-4-7-13(16(21)30)15(14)24-27-29/h3-9H,10H2,1-2H3,(H2,21,30)(H,22,23,26). The van der Waals surface area contributed by atoms with E-state index in [4.69, 9.17) is 5.73 Å². The number of carbonyl (C=O) groups excluding carboxylic acids is 1. The van der Waals surface area contributed by atoms with E-state index in [1.165, 1.54) is 16.8 Å². The Balaban J connectivity index is 1.73. The van der Waals surface area contributed by atoms with Crippen LogP contribution < -0.4 is 16.0 Å². The van der Waals surface area contributed by atoms with Crippen molar-refractivity contribution in [1.29, 1.82) is 0 Å². The van der Waals surface area contributed by atoms with Crippen LogP contribution in [0, 0.1) is 5.82 Å². The summed E-state index contributed by atoms with van der Waals surface area (Å²) in [6.45, 7) is 0.334. The van der Waals surface area contributed by atoms with Crippen molar-refractivity contribution in [2.45, 2.75) is 6.54 Å². The van der Waals surface area contributed by atoms with Gasteiger partial charge in [0.15, 0.2) is 11.6 Å². The fraction of sp³-hybridized carbons (Fsp3) is 0.158. The highest BCUT2D eigenvalue weighted by atomic mass is 19.1. The molecule has 0 aliphatic carbocycles. The number of carbonyl (C=O) groups is 1. The van der Waals surface area contributed by atoms with Crippen LogP contribution in [0.4, 0.5) is 16.0 Å². The second kappa shape index (κ2) is 7.70. The smallest absolute Gasteiger partial charge is 0.274 e. The summed E-state index contributed by atoms with van der Waals surface area (Å²) >= 11 is 0. The topological polar surface area (TPSA) is 128 Å². The van der Waals surface area contributed by atoms with E-state index in [1.54, 1.807) is 35.2 Å². The highest BCUT2D eigenvalue weighted by molar-refractivity contribution is 6.04. The van der Waals surface area contributed by atoms with Gasteiger partial charge in [-0.25, -0.2) is 4.39 Å². The maximum absolute atomic E-state index is 13.5. The number of anilines is 2. The average molecular weight is 407 g/mol. The van der Waals surface area contributed by atoms with Crippen LogP contribution in [-0.2, 0) is 6.54 Å². The van der Waals surface area contributed by atoms with Gasteiger partial charge in [-0.2, -0.15) is 9.67 Å². The van der Waals surface area contributed by atoms with Gasteiger partial charge in [-0.05, 0) is 29.8 Å². The SMILES string of the molecule is CN(C)c1nnc(-n2nnc3c(C(N)=O)cccc32)nc1NCc1cccc(F)c1. The van der Waals surface area contributed by atoms with Crippen LogP contribution >= 0.6 is 0 Å². The first-order valence-electron chi connectivity index (χ1n) is 8.99.